The molecule has 114 valence electrons. The van der Waals surface area contributed by atoms with E-state index in [9.17, 15) is 30.4 Å². The highest BCUT2D eigenvalue weighted by Crippen LogP contribution is 2.33. The highest BCUT2D eigenvalue weighted by molar-refractivity contribution is 9.11. The van der Waals surface area contributed by atoms with E-state index in [1.165, 1.54) is 6.07 Å². The zero-order chi connectivity index (χ0) is 15.9. The van der Waals surface area contributed by atoms with Gasteiger partial charge in [-0.25, -0.2) is 13.2 Å². The molecule has 1 aromatic heterocycles. The summed E-state index contributed by atoms with van der Waals surface area (Å²) in [5.41, 5.74) is 0. The van der Waals surface area contributed by atoms with Crippen molar-refractivity contribution in [2.45, 2.75) is 4.21 Å². The van der Waals surface area contributed by atoms with E-state index in [4.69, 9.17) is 0 Å². The van der Waals surface area contributed by atoms with Crippen LogP contribution in [0.15, 0.2) is 20.1 Å². The summed E-state index contributed by atoms with van der Waals surface area (Å²) in [6.45, 7) is 0. The van der Waals surface area contributed by atoms with E-state index in [1.807, 2.05) is 0 Å². The largest absolute Gasteiger partial charge is 0.372 e. The molecular formula is C10H2BrF5O3S2. The van der Waals surface area contributed by atoms with E-state index in [-0.39, 0.29) is 0 Å². The van der Waals surface area contributed by atoms with Crippen LogP contribution in [0.25, 0.3) is 0 Å². The van der Waals surface area contributed by atoms with Crippen LogP contribution in [-0.2, 0) is 10.1 Å². The Bertz CT molecular complexity index is 789. The maximum atomic E-state index is 13.3. The van der Waals surface area contributed by atoms with Crippen LogP contribution in [-0.4, -0.2) is 8.42 Å². The first-order chi connectivity index (χ1) is 9.65. The number of rotatable bonds is 3. The van der Waals surface area contributed by atoms with Crippen molar-refractivity contribution in [1.29, 1.82) is 0 Å². The fourth-order valence-corrected chi connectivity index (χ4v) is 4.14. The van der Waals surface area contributed by atoms with Gasteiger partial charge in [0, 0.05) is 0 Å². The summed E-state index contributed by atoms with van der Waals surface area (Å²) < 4.78 is 92.8. The molecule has 0 aliphatic rings. The third-order valence-electron chi connectivity index (χ3n) is 2.16. The van der Waals surface area contributed by atoms with E-state index in [0.717, 1.165) is 6.07 Å². The van der Waals surface area contributed by atoms with Gasteiger partial charge in [-0.1, -0.05) is 0 Å². The van der Waals surface area contributed by atoms with Crippen LogP contribution in [0, 0.1) is 29.1 Å². The van der Waals surface area contributed by atoms with E-state index in [1.54, 1.807) is 0 Å². The third-order valence-corrected chi connectivity index (χ3v) is 5.45. The predicted octanol–water partition coefficient (Wildman–Crippen LogP) is 3.97. The predicted molar refractivity (Wildman–Crippen MR) is 66.1 cm³/mol. The van der Waals surface area contributed by atoms with Crippen LogP contribution in [0.5, 0.6) is 5.75 Å². The number of hydrogen-bond donors (Lipinski definition) is 0. The standard InChI is InChI=1S/C10H2BrF5O3S2/c11-3-1-2-4(20-3)21(17,18)19-10-8(15)6(13)5(12)7(14)9(10)16/h1-2H. The van der Waals surface area contributed by atoms with Gasteiger partial charge in [-0.15, -0.1) is 11.3 Å². The molecule has 0 unspecified atom stereocenters. The van der Waals surface area contributed by atoms with Gasteiger partial charge in [0.1, 0.15) is 0 Å². The van der Waals surface area contributed by atoms with Crippen LogP contribution in [0.4, 0.5) is 22.0 Å². The second-order valence-electron chi connectivity index (χ2n) is 3.50. The fourth-order valence-electron chi connectivity index (χ4n) is 1.24. The fraction of sp³-hybridized carbons (Fsp3) is 0. The van der Waals surface area contributed by atoms with Crippen molar-refractivity contribution < 1.29 is 34.6 Å². The van der Waals surface area contributed by atoms with Crippen molar-refractivity contribution in [3.63, 3.8) is 0 Å². The Morgan fingerprint density at radius 3 is 1.81 bits per heavy atom. The maximum Gasteiger partial charge on any atom is 0.349 e. The van der Waals surface area contributed by atoms with Crippen LogP contribution >= 0.6 is 27.3 Å². The zero-order valence-corrected chi connectivity index (χ0v) is 12.7. The minimum Gasteiger partial charge on any atom is -0.372 e. The van der Waals surface area contributed by atoms with Gasteiger partial charge in [0.15, 0.2) is 4.21 Å². The lowest BCUT2D eigenvalue weighted by Crippen LogP contribution is -2.13. The molecule has 0 bridgehead atoms. The van der Waals surface area contributed by atoms with Gasteiger partial charge in [-0.2, -0.15) is 17.2 Å². The van der Waals surface area contributed by atoms with Gasteiger partial charge in [-0.05, 0) is 28.1 Å². The number of thiophene rings is 1. The minimum atomic E-state index is -4.73. The average molecular weight is 409 g/mol. The Hall–Kier alpha value is -1.20. The Kier molecular flexibility index (Phi) is 4.26. The smallest absolute Gasteiger partial charge is 0.349 e. The molecular weight excluding hydrogens is 407 g/mol. The molecule has 0 N–H and O–H groups in total. The molecule has 1 heterocycles. The molecule has 0 saturated heterocycles. The summed E-state index contributed by atoms with van der Waals surface area (Å²) in [6, 6.07) is 2.34. The first-order valence-electron chi connectivity index (χ1n) is 4.86. The van der Waals surface area contributed by atoms with Crippen molar-refractivity contribution in [1.82, 2.24) is 0 Å². The highest BCUT2D eigenvalue weighted by Gasteiger charge is 2.31. The van der Waals surface area contributed by atoms with Gasteiger partial charge in [-0.3, -0.25) is 0 Å². The van der Waals surface area contributed by atoms with Crippen molar-refractivity contribution in [3.05, 3.63) is 45.0 Å². The van der Waals surface area contributed by atoms with Gasteiger partial charge >= 0.3 is 10.1 Å². The Balaban J connectivity index is 2.55. The number of benzene rings is 1. The summed E-state index contributed by atoms with van der Waals surface area (Å²) in [4.78, 5) is 0. The summed E-state index contributed by atoms with van der Waals surface area (Å²) in [5.74, 6) is -13.6. The van der Waals surface area contributed by atoms with Crippen molar-refractivity contribution >= 4 is 37.4 Å². The molecule has 0 fully saturated rings. The van der Waals surface area contributed by atoms with Crippen molar-refractivity contribution in [2.75, 3.05) is 0 Å². The molecule has 11 heteroatoms. The van der Waals surface area contributed by atoms with E-state index < -0.39 is 49.2 Å². The van der Waals surface area contributed by atoms with Gasteiger partial charge < -0.3 is 4.18 Å². The third kappa shape index (κ3) is 2.90. The normalized spacial score (nSPS) is 11.7. The monoisotopic (exact) mass is 408 g/mol. The molecule has 0 atom stereocenters. The molecule has 2 rings (SSSR count). The molecule has 1 aromatic carbocycles. The average Bonchev–Trinajstić information content (AvgIpc) is 2.87. The van der Waals surface area contributed by atoms with Gasteiger partial charge in [0.25, 0.3) is 0 Å². The minimum absolute atomic E-state index is 0.363. The van der Waals surface area contributed by atoms with E-state index >= 15 is 0 Å². The molecule has 0 spiro atoms. The maximum absolute atomic E-state index is 13.3. The lowest BCUT2D eigenvalue weighted by molar-refractivity contribution is 0.347. The molecule has 0 radical (unpaired) electrons. The molecule has 0 saturated carbocycles. The molecule has 0 aliphatic carbocycles. The Labute approximate surface area is 127 Å². The Morgan fingerprint density at radius 1 is 0.905 bits per heavy atom. The van der Waals surface area contributed by atoms with Crippen molar-refractivity contribution in [3.8, 4) is 5.75 Å². The second-order valence-corrected chi connectivity index (χ2v) is 7.73. The van der Waals surface area contributed by atoms with Crippen molar-refractivity contribution in [2.24, 2.45) is 0 Å². The summed E-state index contributed by atoms with van der Waals surface area (Å²) in [5, 5.41) is 0. The lowest BCUT2D eigenvalue weighted by Gasteiger charge is -2.09. The van der Waals surface area contributed by atoms with E-state index in [2.05, 4.69) is 20.1 Å². The van der Waals surface area contributed by atoms with Gasteiger partial charge in [0.05, 0.1) is 3.79 Å². The number of halogens is 6. The van der Waals surface area contributed by atoms with Crippen LogP contribution < -0.4 is 4.18 Å². The first-order valence-corrected chi connectivity index (χ1v) is 7.88. The van der Waals surface area contributed by atoms with Crippen LogP contribution in [0.3, 0.4) is 0 Å². The molecule has 21 heavy (non-hydrogen) atoms. The van der Waals surface area contributed by atoms with E-state index in [0.29, 0.717) is 15.1 Å². The summed E-state index contributed by atoms with van der Waals surface area (Å²) in [6.07, 6.45) is 0. The summed E-state index contributed by atoms with van der Waals surface area (Å²) in [7, 11) is -4.73. The zero-order valence-electron chi connectivity index (χ0n) is 9.46. The highest BCUT2D eigenvalue weighted by atomic mass is 79.9. The van der Waals surface area contributed by atoms with Crippen LogP contribution in [0.2, 0.25) is 0 Å². The number of hydrogen-bond acceptors (Lipinski definition) is 4. The SMILES string of the molecule is O=S(=O)(Oc1c(F)c(F)c(F)c(F)c1F)c1ccc(Br)s1. The van der Waals surface area contributed by atoms with Gasteiger partial charge in [0.2, 0.25) is 34.8 Å². The second kappa shape index (κ2) is 5.54. The Morgan fingerprint density at radius 2 is 1.38 bits per heavy atom. The topological polar surface area (TPSA) is 43.4 Å². The molecule has 3 nitrogen and oxygen atoms in total. The quantitative estimate of drug-likeness (QED) is 0.334. The molecule has 0 aliphatic heterocycles. The van der Waals surface area contributed by atoms with Crippen LogP contribution in [0.1, 0.15) is 0 Å². The molecule has 2 aromatic rings. The summed E-state index contributed by atoms with van der Waals surface area (Å²) >= 11 is 3.59. The lowest BCUT2D eigenvalue weighted by atomic mass is 10.3. The molecule has 0 amide bonds. The first kappa shape index (κ1) is 16.2.